The molecule has 0 unspecified atom stereocenters. The number of hydrogen-bond acceptors (Lipinski definition) is 4. The van der Waals surface area contributed by atoms with Gasteiger partial charge in [0.15, 0.2) is 11.5 Å². The van der Waals surface area contributed by atoms with Crippen molar-refractivity contribution in [3.63, 3.8) is 0 Å². The summed E-state index contributed by atoms with van der Waals surface area (Å²) in [6.45, 7) is 2.53. The number of hydrogen-bond donors (Lipinski definition) is 1. The second kappa shape index (κ2) is 8.73. The topological polar surface area (TPSA) is 61.7 Å². The van der Waals surface area contributed by atoms with Gasteiger partial charge >= 0.3 is 0 Å². The number of rotatable bonds is 7. The van der Waals surface area contributed by atoms with Crippen LogP contribution in [0.4, 0.5) is 0 Å². The van der Waals surface area contributed by atoms with Crippen LogP contribution in [-0.2, 0) is 18.4 Å². The molecular formula is C23H26N2O4. The highest BCUT2D eigenvalue weighted by molar-refractivity contribution is 5.92. The standard InChI is InChI=1S/C23H26N2O4/c1-15-18(17-8-6-7-9-19(17)25(15)2)14-24-22(26)11-10-16-12-20(27-3)23(29-5)21(13-16)28-4/h6-13H,14H2,1-5H3,(H,24,26)/b11-10+. The summed E-state index contributed by atoms with van der Waals surface area (Å²) in [5.41, 5.74) is 4.19. The maximum absolute atomic E-state index is 12.4. The number of fused-ring (bicyclic) bond motifs is 1. The third kappa shape index (κ3) is 4.06. The number of ether oxygens (including phenoxy) is 3. The molecule has 6 nitrogen and oxygen atoms in total. The summed E-state index contributed by atoms with van der Waals surface area (Å²) in [6.07, 6.45) is 3.22. The molecule has 0 saturated carbocycles. The Balaban J connectivity index is 1.75. The van der Waals surface area contributed by atoms with Crippen molar-refractivity contribution in [3.8, 4) is 17.2 Å². The molecule has 3 aromatic rings. The minimum atomic E-state index is -0.175. The fourth-order valence-corrected chi connectivity index (χ4v) is 3.43. The van der Waals surface area contributed by atoms with E-state index in [0.717, 1.165) is 27.7 Å². The SMILES string of the molecule is COc1cc(/C=C/C(=O)NCc2c(C)n(C)c3ccccc23)cc(OC)c1OC. The van der Waals surface area contributed by atoms with Gasteiger partial charge in [-0.15, -0.1) is 0 Å². The third-order valence-electron chi connectivity index (χ3n) is 5.08. The monoisotopic (exact) mass is 394 g/mol. The number of methoxy groups -OCH3 is 3. The number of amides is 1. The quantitative estimate of drug-likeness (QED) is 0.619. The molecule has 0 atom stereocenters. The van der Waals surface area contributed by atoms with E-state index in [-0.39, 0.29) is 5.91 Å². The number of benzene rings is 2. The van der Waals surface area contributed by atoms with Gasteiger partial charge in [0, 0.05) is 36.3 Å². The summed E-state index contributed by atoms with van der Waals surface area (Å²) >= 11 is 0. The van der Waals surface area contributed by atoms with E-state index in [1.807, 2.05) is 19.2 Å². The molecule has 2 aromatic carbocycles. The summed E-state index contributed by atoms with van der Waals surface area (Å²) in [5, 5.41) is 4.12. The van der Waals surface area contributed by atoms with Crippen LogP contribution < -0.4 is 19.5 Å². The van der Waals surface area contributed by atoms with Crippen LogP contribution >= 0.6 is 0 Å². The highest BCUT2D eigenvalue weighted by Gasteiger charge is 2.13. The highest BCUT2D eigenvalue weighted by Crippen LogP contribution is 2.38. The Hall–Kier alpha value is -3.41. The van der Waals surface area contributed by atoms with Crippen molar-refractivity contribution >= 4 is 22.9 Å². The average Bonchev–Trinajstić information content (AvgIpc) is 2.99. The highest BCUT2D eigenvalue weighted by atomic mass is 16.5. The van der Waals surface area contributed by atoms with E-state index in [1.54, 1.807) is 39.5 Å². The Morgan fingerprint density at radius 2 is 1.72 bits per heavy atom. The molecule has 1 amide bonds. The third-order valence-corrected chi connectivity index (χ3v) is 5.08. The van der Waals surface area contributed by atoms with Crippen LogP contribution in [0.1, 0.15) is 16.8 Å². The second-order valence-corrected chi connectivity index (χ2v) is 6.65. The first-order valence-electron chi connectivity index (χ1n) is 9.29. The van der Waals surface area contributed by atoms with Gasteiger partial charge in [-0.05, 0) is 42.3 Å². The molecule has 29 heavy (non-hydrogen) atoms. The number of nitrogens with one attached hydrogen (secondary N) is 1. The fraction of sp³-hybridized carbons (Fsp3) is 0.261. The summed E-state index contributed by atoms with van der Waals surface area (Å²) in [5.74, 6) is 1.42. The van der Waals surface area contributed by atoms with Crippen molar-refractivity contribution in [2.75, 3.05) is 21.3 Å². The smallest absolute Gasteiger partial charge is 0.244 e. The largest absolute Gasteiger partial charge is 0.493 e. The van der Waals surface area contributed by atoms with Gasteiger partial charge in [0.05, 0.1) is 21.3 Å². The molecular weight excluding hydrogens is 368 g/mol. The van der Waals surface area contributed by atoms with Crippen LogP contribution in [0.5, 0.6) is 17.2 Å². The Bertz CT molecular complexity index is 1040. The Kier molecular flexibility index (Phi) is 6.12. The van der Waals surface area contributed by atoms with E-state index in [4.69, 9.17) is 14.2 Å². The molecule has 0 aliphatic rings. The number of aryl methyl sites for hydroxylation is 1. The number of carbonyl (C=O) groups excluding carboxylic acids is 1. The molecule has 1 aromatic heterocycles. The van der Waals surface area contributed by atoms with Gasteiger partial charge in [0.2, 0.25) is 11.7 Å². The number of para-hydroxylation sites is 1. The zero-order chi connectivity index (χ0) is 21.0. The summed E-state index contributed by atoms with van der Waals surface area (Å²) in [7, 11) is 6.71. The molecule has 1 heterocycles. The molecule has 0 bridgehead atoms. The second-order valence-electron chi connectivity index (χ2n) is 6.65. The molecule has 152 valence electrons. The zero-order valence-electron chi connectivity index (χ0n) is 17.4. The fourth-order valence-electron chi connectivity index (χ4n) is 3.43. The average molecular weight is 394 g/mol. The first kappa shape index (κ1) is 20.3. The van der Waals surface area contributed by atoms with Gasteiger partial charge in [-0.3, -0.25) is 4.79 Å². The molecule has 0 radical (unpaired) electrons. The van der Waals surface area contributed by atoms with E-state index in [1.165, 1.54) is 6.08 Å². The lowest BCUT2D eigenvalue weighted by atomic mass is 10.1. The number of carbonyl (C=O) groups is 1. The van der Waals surface area contributed by atoms with Crippen molar-refractivity contribution in [1.82, 2.24) is 9.88 Å². The van der Waals surface area contributed by atoms with E-state index >= 15 is 0 Å². The Morgan fingerprint density at radius 1 is 1.07 bits per heavy atom. The van der Waals surface area contributed by atoms with Crippen molar-refractivity contribution in [1.29, 1.82) is 0 Å². The van der Waals surface area contributed by atoms with Gasteiger partial charge in [-0.25, -0.2) is 0 Å². The van der Waals surface area contributed by atoms with Gasteiger partial charge in [-0.1, -0.05) is 18.2 Å². The zero-order valence-corrected chi connectivity index (χ0v) is 17.4. The van der Waals surface area contributed by atoms with Crippen LogP contribution in [-0.4, -0.2) is 31.8 Å². The van der Waals surface area contributed by atoms with Crippen LogP contribution in [0, 0.1) is 6.92 Å². The number of nitrogens with zero attached hydrogens (tertiary/aromatic N) is 1. The summed E-state index contributed by atoms with van der Waals surface area (Å²) < 4.78 is 18.2. The lowest BCUT2D eigenvalue weighted by Gasteiger charge is -2.12. The predicted octanol–water partition coefficient (Wildman–Crippen LogP) is 3.84. The first-order valence-corrected chi connectivity index (χ1v) is 9.29. The minimum Gasteiger partial charge on any atom is -0.493 e. The summed E-state index contributed by atoms with van der Waals surface area (Å²) in [4.78, 5) is 12.4. The Morgan fingerprint density at radius 3 is 2.34 bits per heavy atom. The van der Waals surface area contributed by atoms with Gasteiger partial charge in [0.25, 0.3) is 0 Å². The maximum atomic E-state index is 12.4. The molecule has 0 saturated heterocycles. The van der Waals surface area contributed by atoms with Gasteiger partial charge in [-0.2, -0.15) is 0 Å². The van der Waals surface area contributed by atoms with E-state index in [2.05, 4.69) is 28.9 Å². The lowest BCUT2D eigenvalue weighted by Crippen LogP contribution is -2.20. The normalized spacial score (nSPS) is 11.1. The van der Waals surface area contributed by atoms with Crippen molar-refractivity contribution in [3.05, 3.63) is 59.3 Å². The Labute approximate surface area is 170 Å². The van der Waals surface area contributed by atoms with Crippen molar-refractivity contribution in [2.45, 2.75) is 13.5 Å². The molecule has 6 heteroatoms. The molecule has 0 aliphatic heterocycles. The lowest BCUT2D eigenvalue weighted by molar-refractivity contribution is -0.116. The van der Waals surface area contributed by atoms with Crippen LogP contribution in [0.2, 0.25) is 0 Å². The minimum absolute atomic E-state index is 0.175. The summed E-state index contributed by atoms with van der Waals surface area (Å²) in [6, 6.07) is 11.8. The molecule has 0 fully saturated rings. The molecule has 0 aliphatic carbocycles. The number of aromatic nitrogens is 1. The van der Waals surface area contributed by atoms with Crippen LogP contribution in [0.15, 0.2) is 42.5 Å². The van der Waals surface area contributed by atoms with Crippen LogP contribution in [0.3, 0.4) is 0 Å². The first-order chi connectivity index (χ1) is 14.0. The van der Waals surface area contributed by atoms with E-state index in [0.29, 0.717) is 23.8 Å². The maximum Gasteiger partial charge on any atom is 0.244 e. The van der Waals surface area contributed by atoms with Crippen LogP contribution in [0.25, 0.3) is 17.0 Å². The van der Waals surface area contributed by atoms with E-state index in [9.17, 15) is 4.79 Å². The van der Waals surface area contributed by atoms with Crippen molar-refractivity contribution < 1.29 is 19.0 Å². The van der Waals surface area contributed by atoms with Gasteiger partial charge < -0.3 is 24.1 Å². The van der Waals surface area contributed by atoms with Crippen molar-refractivity contribution in [2.24, 2.45) is 7.05 Å². The van der Waals surface area contributed by atoms with E-state index < -0.39 is 0 Å². The predicted molar refractivity (Wildman–Crippen MR) is 115 cm³/mol. The molecule has 3 rings (SSSR count). The van der Waals surface area contributed by atoms with Gasteiger partial charge in [0.1, 0.15) is 0 Å². The molecule has 0 spiro atoms. The molecule has 1 N–H and O–H groups in total.